The highest BCUT2D eigenvalue weighted by atomic mass is 79.9. The molecule has 12 heavy (non-hydrogen) atoms. The van der Waals surface area contributed by atoms with Crippen molar-refractivity contribution in [1.82, 2.24) is 0 Å². The molecule has 1 aromatic carbocycles. The van der Waals surface area contributed by atoms with Gasteiger partial charge in [-0.25, -0.2) is 4.39 Å². The number of aryl methyl sites for hydroxylation is 1. The maximum Gasteiger partial charge on any atom is 0.119 e. The number of benzene rings is 1. The maximum atomic E-state index is 12.0. The van der Waals surface area contributed by atoms with Crippen LogP contribution in [0.1, 0.15) is 17.2 Å². The van der Waals surface area contributed by atoms with Crippen LogP contribution < -0.4 is 0 Å². The van der Waals surface area contributed by atoms with Crippen LogP contribution in [0.3, 0.4) is 0 Å². The van der Waals surface area contributed by atoms with Crippen LogP contribution in [0.4, 0.5) is 4.39 Å². The van der Waals surface area contributed by atoms with Gasteiger partial charge in [0, 0.05) is 4.47 Å². The number of halogens is 2. The van der Waals surface area contributed by atoms with Gasteiger partial charge in [0.25, 0.3) is 0 Å². The Bertz CT molecular complexity index is 275. The van der Waals surface area contributed by atoms with E-state index in [1.54, 1.807) is 12.1 Å². The molecule has 66 valence electrons. The highest BCUT2D eigenvalue weighted by molar-refractivity contribution is 9.10. The first-order chi connectivity index (χ1) is 5.65. The molecular formula is C9H10BrFO. The smallest absolute Gasteiger partial charge is 0.119 e. The molecule has 0 bridgehead atoms. The number of hydrogen-bond acceptors (Lipinski definition) is 1. The molecule has 0 saturated carbocycles. The molecule has 1 rings (SSSR count). The summed E-state index contributed by atoms with van der Waals surface area (Å²) in [4.78, 5) is 0. The molecule has 1 aromatic rings. The van der Waals surface area contributed by atoms with Crippen molar-refractivity contribution < 1.29 is 9.50 Å². The summed E-state index contributed by atoms with van der Waals surface area (Å²) in [7, 11) is 0. The summed E-state index contributed by atoms with van der Waals surface area (Å²) in [5.41, 5.74) is 1.62. The van der Waals surface area contributed by atoms with Gasteiger partial charge in [0.15, 0.2) is 0 Å². The third kappa shape index (κ3) is 2.05. The monoisotopic (exact) mass is 232 g/mol. The summed E-state index contributed by atoms with van der Waals surface area (Å²) in [5.74, 6) is 0. The zero-order chi connectivity index (χ0) is 9.14. The molecule has 1 N–H and O–H groups in total. The molecule has 0 aliphatic heterocycles. The number of alkyl halides is 1. The van der Waals surface area contributed by atoms with Gasteiger partial charge in [-0.1, -0.05) is 28.1 Å². The Kier molecular flexibility index (Phi) is 3.23. The predicted molar refractivity (Wildman–Crippen MR) is 49.8 cm³/mol. The van der Waals surface area contributed by atoms with Gasteiger partial charge in [0.2, 0.25) is 0 Å². The minimum absolute atomic E-state index is 0.623. The molecule has 3 heteroatoms. The third-order valence-corrected chi connectivity index (χ3v) is 2.60. The Morgan fingerprint density at radius 2 is 2.25 bits per heavy atom. The van der Waals surface area contributed by atoms with Crippen molar-refractivity contribution in [3.05, 3.63) is 33.8 Å². The van der Waals surface area contributed by atoms with E-state index in [1.807, 2.05) is 13.0 Å². The highest BCUT2D eigenvalue weighted by Crippen LogP contribution is 2.21. The number of rotatable bonds is 2. The van der Waals surface area contributed by atoms with Gasteiger partial charge in [-0.15, -0.1) is 0 Å². The largest absolute Gasteiger partial charge is 0.386 e. The van der Waals surface area contributed by atoms with Crippen molar-refractivity contribution >= 4 is 15.9 Å². The van der Waals surface area contributed by atoms with Crippen LogP contribution in [-0.2, 0) is 0 Å². The fourth-order valence-corrected chi connectivity index (χ4v) is 1.21. The van der Waals surface area contributed by atoms with Gasteiger partial charge in [-0.05, 0) is 24.1 Å². The van der Waals surface area contributed by atoms with Gasteiger partial charge >= 0.3 is 0 Å². The molecule has 0 saturated heterocycles. The Hall–Kier alpha value is -0.410. The van der Waals surface area contributed by atoms with Crippen molar-refractivity contribution in [3.8, 4) is 0 Å². The van der Waals surface area contributed by atoms with E-state index in [4.69, 9.17) is 5.11 Å². The van der Waals surface area contributed by atoms with Gasteiger partial charge in [0.05, 0.1) is 0 Å². The lowest BCUT2D eigenvalue weighted by Gasteiger charge is -2.07. The number of aliphatic hydroxyl groups excluding tert-OH is 1. The zero-order valence-corrected chi connectivity index (χ0v) is 8.31. The van der Waals surface area contributed by atoms with Crippen LogP contribution in [-0.4, -0.2) is 11.8 Å². The standard InChI is InChI=1S/C9H10BrFO/c1-6-4-7(9(12)5-11)2-3-8(6)10/h2-4,9,12H,5H2,1H3. The Labute approximate surface area is 79.4 Å². The van der Waals surface area contributed by atoms with Crippen LogP contribution in [0, 0.1) is 6.92 Å². The lowest BCUT2D eigenvalue weighted by Crippen LogP contribution is -1.99. The van der Waals surface area contributed by atoms with Gasteiger partial charge < -0.3 is 5.11 Å². The fourth-order valence-electron chi connectivity index (χ4n) is 0.964. The molecule has 0 heterocycles. The van der Waals surface area contributed by atoms with E-state index in [0.717, 1.165) is 10.0 Å². The molecule has 1 unspecified atom stereocenters. The molecule has 0 aliphatic carbocycles. The number of aliphatic hydroxyl groups is 1. The molecule has 1 nitrogen and oxygen atoms in total. The quantitative estimate of drug-likeness (QED) is 0.832. The van der Waals surface area contributed by atoms with Crippen LogP contribution in [0.5, 0.6) is 0 Å². The van der Waals surface area contributed by atoms with Crippen molar-refractivity contribution in [2.24, 2.45) is 0 Å². The molecule has 0 amide bonds. The zero-order valence-electron chi connectivity index (χ0n) is 6.72. The Morgan fingerprint density at radius 1 is 1.58 bits per heavy atom. The van der Waals surface area contributed by atoms with E-state index in [1.165, 1.54) is 0 Å². The first kappa shape index (κ1) is 9.68. The predicted octanol–water partition coefficient (Wildman–Crippen LogP) is 2.76. The van der Waals surface area contributed by atoms with Crippen LogP contribution >= 0.6 is 15.9 Å². The molecule has 0 fully saturated rings. The second-order valence-electron chi connectivity index (χ2n) is 2.68. The Morgan fingerprint density at radius 3 is 2.75 bits per heavy atom. The normalized spacial score (nSPS) is 13.0. The molecule has 0 spiro atoms. The summed E-state index contributed by atoms with van der Waals surface area (Å²) in [5, 5.41) is 9.15. The van der Waals surface area contributed by atoms with Crippen molar-refractivity contribution in [2.75, 3.05) is 6.67 Å². The highest BCUT2D eigenvalue weighted by Gasteiger charge is 2.07. The summed E-state index contributed by atoms with van der Waals surface area (Å²) >= 11 is 3.32. The lowest BCUT2D eigenvalue weighted by atomic mass is 10.1. The second-order valence-corrected chi connectivity index (χ2v) is 3.53. The molecular weight excluding hydrogens is 223 g/mol. The molecule has 0 aliphatic rings. The van der Waals surface area contributed by atoms with E-state index >= 15 is 0 Å². The summed E-state index contributed by atoms with van der Waals surface area (Å²) in [6, 6.07) is 5.29. The van der Waals surface area contributed by atoms with Crippen molar-refractivity contribution in [3.63, 3.8) is 0 Å². The average molecular weight is 233 g/mol. The topological polar surface area (TPSA) is 20.2 Å². The van der Waals surface area contributed by atoms with Gasteiger partial charge in [-0.3, -0.25) is 0 Å². The van der Waals surface area contributed by atoms with Crippen LogP contribution in [0.15, 0.2) is 22.7 Å². The van der Waals surface area contributed by atoms with E-state index < -0.39 is 12.8 Å². The van der Waals surface area contributed by atoms with Crippen LogP contribution in [0.25, 0.3) is 0 Å². The van der Waals surface area contributed by atoms with E-state index in [-0.39, 0.29) is 0 Å². The first-order valence-corrected chi connectivity index (χ1v) is 4.44. The first-order valence-electron chi connectivity index (χ1n) is 3.65. The minimum atomic E-state index is -0.989. The van der Waals surface area contributed by atoms with E-state index in [0.29, 0.717) is 5.56 Å². The summed E-state index contributed by atoms with van der Waals surface area (Å²) in [6.07, 6.45) is -0.989. The second kappa shape index (κ2) is 4.01. The molecule has 0 aromatic heterocycles. The minimum Gasteiger partial charge on any atom is -0.386 e. The Balaban J connectivity index is 2.96. The third-order valence-electron chi connectivity index (χ3n) is 1.71. The lowest BCUT2D eigenvalue weighted by molar-refractivity contribution is 0.141. The van der Waals surface area contributed by atoms with E-state index in [9.17, 15) is 4.39 Å². The number of hydrogen-bond donors (Lipinski definition) is 1. The summed E-state index contributed by atoms with van der Waals surface area (Å²) < 4.78 is 13.0. The average Bonchev–Trinajstić information content (AvgIpc) is 2.08. The molecule has 0 radical (unpaired) electrons. The van der Waals surface area contributed by atoms with E-state index in [2.05, 4.69) is 15.9 Å². The van der Waals surface area contributed by atoms with Gasteiger partial charge in [-0.2, -0.15) is 0 Å². The SMILES string of the molecule is Cc1cc(C(O)CF)ccc1Br. The van der Waals surface area contributed by atoms with Gasteiger partial charge in [0.1, 0.15) is 12.8 Å². The van der Waals surface area contributed by atoms with Crippen molar-refractivity contribution in [1.29, 1.82) is 0 Å². The fraction of sp³-hybridized carbons (Fsp3) is 0.333. The summed E-state index contributed by atoms with van der Waals surface area (Å²) in [6.45, 7) is 1.17. The van der Waals surface area contributed by atoms with Crippen LogP contribution in [0.2, 0.25) is 0 Å². The molecule has 1 atom stereocenters. The maximum absolute atomic E-state index is 12.0. The van der Waals surface area contributed by atoms with Crippen molar-refractivity contribution in [2.45, 2.75) is 13.0 Å².